The van der Waals surface area contributed by atoms with Crippen LogP contribution in [0.1, 0.15) is 36.9 Å². The van der Waals surface area contributed by atoms with E-state index in [1.54, 1.807) is 6.92 Å². The van der Waals surface area contributed by atoms with E-state index in [-0.39, 0.29) is 11.5 Å². The molecule has 0 bridgehead atoms. The predicted octanol–water partition coefficient (Wildman–Crippen LogP) is 2.63. The Morgan fingerprint density at radius 2 is 1.86 bits per heavy atom. The number of nitrogens with two attached hydrogens (primary N) is 1. The minimum absolute atomic E-state index is 0.00663. The van der Waals surface area contributed by atoms with Crippen molar-refractivity contribution in [3.8, 4) is 11.1 Å². The average molecular weight is 430 g/mol. The second-order valence-electron chi connectivity index (χ2n) is 7.06. The summed E-state index contributed by atoms with van der Waals surface area (Å²) in [6, 6.07) is 2.37. The molecule has 29 heavy (non-hydrogen) atoms. The van der Waals surface area contributed by atoms with Gasteiger partial charge in [0.15, 0.2) is 0 Å². The van der Waals surface area contributed by atoms with Crippen molar-refractivity contribution in [2.24, 2.45) is 0 Å². The summed E-state index contributed by atoms with van der Waals surface area (Å²) in [5.41, 5.74) is 5.28. The molecule has 1 aromatic heterocycles. The van der Waals surface area contributed by atoms with Gasteiger partial charge < -0.3 is 10.8 Å². The Morgan fingerprint density at radius 3 is 2.45 bits per heavy atom. The second kappa shape index (κ2) is 7.88. The number of benzene rings is 1. The lowest BCUT2D eigenvalue weighted by atomic mass is 9.94. The Hall–Kier alpha value is -2.24. The topological polar surface area (TPSA) is 118 Å². The molecule has 0 saturated heterocycles. The SMILES string of the molecule is Cc1nc(N)ncc1-c1ccc(C(F)(F)F)c(S(=O)(=O)N[C@H]2CC[C@@H](O)CC2)c1. The molecule has 3 rings (SSSR count). The van der Waals surface area contributed by atoms with Crippen LogP contribution < -0.4 is 10.5 Å². The Balaban J connectivity index is 2.04. The van der Waals surface area contributed by atoms with Crippen LogP contribution in [-0.4, -0.2) is 35.6 Å². The zero-order valence-electron chi connectivity index (χ0n) is 15.6. The van der Waals surface area contributed by atoms with Crippen molar-refractivity contribution in [3.05, 3.63) is 35.7 Å². The standard InChI is InChI=1S/C18H21F3N4O3S/c1-10-14(9-23-17(22)24-10)11-2-7-15(18(19,20)21)16(8-11)29(27,28)25-12-3-5-13(26)6-4-12/h2,7-9,12-13,25-26H,3-6H2,1H3,(H2,22,23,24)/t12-,13+. The Labute approximate surface area is 166 Å². The maximum absolute atomic E-state index is 13.5. The van der Waals surface area contributed by atoms with Gasteiger partial charge in [-0.25, -0.2) is 23.1 Å². The molecule has 0 atom stereocenters. The smallest absolute Gasteiger partial charge is 0.393 e. The van der Waals surface area contributed by atoms with E-state index in [1.165, 1.54) is 12.3 Å². The molecule has 1 aromatic carbocycles. The van der Waals surface area contributed by atoms with Crippen LogP contribution in [0.5, 0.6) is 0 Å². The van der Waals surface area contributed by atoms with Crippen molar-refractivity contribution in [2.45, 2.75) is 55.8 Å². The van der Waals surface area contributed by atoms with Crippen LogP contribution in [0.2, 0.25) is 0 Å². The minimum Gasteiger partial charge on any atom is -0.393 e. The molecule has 0 unspecified atom stereocenters. The van der Waals surface area contributed by atoms with Gasteiger partial charge in [-0.2, -0.15) is 13.2 Å². The summed E-state index contributed by atoms with van der Waals surface area (Å²) in [7, 11) is -4.46. The van der Waals surface area contributed by atoms with Crippen molar-refractivity contribution in [1.82, 2.24) is 14.7 Å². The number of hydrogen-bond acceptors (Lipinski definition) is 6. The van der Waals surface area contributed by atoms with Crippen molar-refractivity contribution in [1.29, 1.82) is 0 Å². The third-order valence-corrected chi connectivity index (χ3v) is 6.46. The summed E-state index contributed by atoms with van der Waals surface area (Å²) in [4.78, 5) is 6.95. The second-order valence-corrected chi connectivity index (χ2v) is 8.75. The van der Waals surface area contributed by atoms with E-state index < -0.39 is 38.8 Å². The lowest BCUT2D eigenvalue weighted by molar-refractivity contribution is -0.139. The number of aliphatic hydroxyl groups excluding tert-OH is 1. The van der Waals surface area contributed by atoms with E-state index >= 15 is 0 Å². The Bertz CT molecular complexity index is 1000. The number of nitrogens with zero attached hydrogens (tertiary/aromatic N) is 2. The first-order valence-electron chi connectivity index (χ1n) is 8.98. The largest absolute Gasteiger partial charge is 0.417 e. The van der Waals surface area contributed by atoms with Crippen LogP contribution in [0, 0.1) is 6.92 Å². The van der Waals surface area contributed by atoms with Gasteiger partial charge in [0.1, 0.15) is 0 Å². The first kappa shape index (κ1) is 21.5. The number of aromatic nitrogens is 2. The van der Waals surface area contributed by atoms with Gasteiger partial charge in [0.05, 0.1) is 22.3 Å². The molecule has 4 N–H and O–H groups in total. The first-order valence-corrected chi connectivity index (χ1v) is 10.5. The van der Waals surface area contributed by atoms with Crippen LogP contribution in [0.25, 0.3) is 11.1 Å². The summed E-state index contributed by atoms with van der Waals surface area (Å²) in [6.45, 7) is 1.60. The van der Waals surface area contributed by atoms with Gasteiger partial charge in [-0.1, -0.05) is 6.07 Å². The van der Waals surface area contributed by atoms with Gasteiger partial charge in [-0.05, 0) is 50.3 Å². The van der Waals surface area contributed by atoms with Gasteiger partial charge in [-0.15, -0.1) is 0 Å². The van der Waals surface area contributed by atoms with Gasteiger partial charge in [0, 0.05) is 17.8 Å². The normalized spacial score (nSPS) is 20.6. The summed E-state index contributed by atoms with van der Waals surface area (Å²) >= 11 is 0. The molecule has 1 aliphatic carbocycles. The summed E-state index contributed by atoms with van der Waals surface area (Å²) in [6.07, 6.45) is -2.54. The van der Waals surface area contributed by atoms with Crippen LogP contribution in [0.3, 0.4) is 0 Å². The van der Waals surface area contributed by atoms with E-state index in [1.807, 2.05) is 0 Å². The number of nitrogen functional groups attached to an aromatic ring is 1. The fourth-order valence-corrected chi connectivity index (χ4v) is 4.95. The summed E-state index contributed by atoms with van der Waals surface area (Å²) in [5, 5.41) is 9.55. The van der Waals surface area contributed by atoms with Crippen LogP contribution in [-0.2, 0) is 16.2 Å². The van der Waals surface area contributed by atoms with Crippen LogP contribution >= 0.6 is 0 Å². The molecule has 0 amide bonds. The number of halogens is 3. The van der Waals surface area contributed by atoms with Gasteiger partial charge in [0.2, 0.25) is 16.0 Å². The zero-order valence-corrected chi connectivity index (χ0v) is 16.4. The quantitative estimate of drug-likeness (QED) is 0.686. The molecule has 1 heterocycles. The number of sulfonamides is 1. The van der Waals surface area contributed by atoms with Gasteiger partial charge in [0.25, 0.3) is 0 Å². The monoisotopic (exact) mass is 430 g/mol. The highest BCUT2D eigenvalue weighted by molar-refractivity contribution is 7.89. The van der Waals surface area contributed by atoms with E-state index in [4.69, 9.17) is 5.73 Å². The number of rotatable bonds is 4. The maximum atomic E-state index is 13.5. The van der Waals surface area contributed by atoms with Crippen molar-refractivity contribution >= 4 is 16.0 Å². The van der Waals surface area contributed by atoms with Gasteiger partial charge >= 0.3 is 6.18 Å². The number of alkyl halides is 3. The van der Waals surface area contributed by atoms with E-state index in [2.05, 4.69) is 14.7 Å². The average Bonchev–Trinajstić information content (AvgIpc) is 2.62. The third kappa shape index (κ3) is 4.85. The number of aliphatic hydroxyl groups is 1. The van der Waals surface area contributed by atoms with Crippen molar-refractivity contribution in [3.63, 3.8) is 0 Å². The summed E-state index contributed by atoms with van der Waals surface area (Å²) < 4.78 is 68.6. The number of hydrogen-bond donors (Lipinski definition) is 3. The molecule has 0 aliphatic heterocycles. The number of nitrogens with one attached hydrogen (secondary N) is 1. The molecule has 0 spiro atoms. The maximum Gasteiger partial charge on any atom is 0.417 e. The van der Waals surface area contributed by atoms with Crippen LogP contribution in [0.4, 0.5) is 19.1 Å². The van der Waals surface area contributed by atoms with E-state index in [9.17, 15) is 26.7 Å². The molecule has 11 heteroatoms. The predicted molar refractivity (Wildman–Crippen MR) is 100 cm³/mol. The first-order chi connectivity index (χ1) is 13.5. The third-order valence-electron chi connectivity index (χ3n) is 4.90. The fraction of sp³-hybridized carbons (Fsp3) is 0.444. The molecule has 158 valence electrons. The van der Waals surface area contributed by atoms with Crippen LogP contribution in [0.15, 0.2) is 29.3 Å². The highest BCUT2D eigenvalue weighted by atomic mass is 32.2. The molecule has 1 saturated carbocycles. The molecule has 2 aromatic rings. The zero-order chi connectivity index (χ0) is 21.4. The lowest BCUT2D eigenvalue weighted by Crippen LogP contribution is -2.39. The Morgan fingerprint density at radius 1 is 1.21 bits per heavy atom. The highest BCUT2D eigenvalue weighted by Gasteiger charge is 2.38. The van der Waals surface area contributed by atoms with Crippen molar-refractivity contribution in [2.75, 3.05) is 5.73 Å². The molecular weight excluding hydrogens is 409 g/mol. The lowest BCUT2D eigenvalue weighted by Gasteiger charge is -2.26. The van der Waals surface area contributed by atoms with E-state index in [0.29, 0.717) is 36.9 Å². The van der Waals surface area contributed by atoms with Crippen molar-refractivity contribution < 1.29 is 26.7 Å². The van der Waals surface area contributed by atoms with E-state index in [0.717, 1.165) is 12.1 Å². The fourth-order valence-electron chi connectivity index (χ4n) is 3.39. The summed E-state index contributed by atoms with van der Waals surface area (Å²) in [5.74, 6) is 0.00663. The number of aryl methyl sites for hydroxylation is 1. The molecule has 7 nitrogen and oxygen atoms in total. The Kier molecular flexibility index (Phi) is 5.84. The molecule has 0 radical (unpaired) electrons. The highest BCUT2D eigenvalue weighted by Crippen LogP contribution is 2.37. The minimum atomic E-state index is -4.85. The molecule has 1 aliphatic rings. The van der Waals surface area contributed by atoms with Gasteiger partial charge in [-0.3, -0.25) is 0 Å². The molecule has 1 fully saturated rings. The number of anilines is 1. The molecular formula is C18H21F3N4O3S.